The Morgan fingerprint density at radius 3 is 2.69 bits per heavy atom. The Hall–Kier alpha value is -2.93. The zero-order valence-corrected chi connectivity index (χ0v) is 14.3. The lowest BCUT2D eigenvalue weighted by molar-refractivity contribution is 0.102. The van der Waals surface area contributed by atoms with Gasteiger partial charge >= 0.3 is 0 Å². The van der Waals surface area contributed by atoms with Gasteiger partial charge in [-0.2, -0.15) is 0 Å². The Kier molecular flexibility index (Phi) is 4.53. The molecule has 134 valence electrons. The Morgan fingerprint density at radius 2 is 1.92 bits per heavy atom. The predicted octanol–water partition coefficient (Wildman–Crippen LogP) is 2.70. The molecule has 0 spiro atoms. The minimum Gasteiger partial charge on any atom is -0.393 e. The van der Waals surface area contributed by atoms with E-state index < -0.39 is 0 Å². The highest BCUT2D eigenvalue weighted by Crippen LogP contribution is 2.24. The summed E-state index contributed by atoms with van der Waals surface area (Å²) in [4.78, 5) is 21.3. The number of carbonyl (C=O) groups excluding carboxylic acids is 1. The molecule has 26 heavy (non-hydrogen) atoms. The van der Waals surface area contributed by atoms with E-state index in [4.69, 9.17) is 0 Å². The second kappa shape index (κ2) is 7.13. The largest absolute Gasteiger partial charge is 0.393 e. The molecule has 1 amide bonds. The van der Waals surface area contributed by atoms with Crippen LogP contribution in [0.15, 0.2) is 48.9 Å². The number of nitrogens with one attached hydrogen (secondary N) is 2. The second-order valence-electron chi connectivity index (χ2n) is 6.60. The molecular weight excluding hydrogens is 330 g/mol. The van der Waals surface area contributed by atoms with Gasteiger partial charge in [0.2, 0.25) is 0 Å². The molecular formula is C19H21N5O2. The predicted molar refractivity (Wildman–Crippen MR) is 99.3 cm³/mol. The van der Waals surface area contributed by atoms with Crippen molar-refractivity contribution in [3.05, 3.63) is 54.5 Å². The van der Waals surface area contributed by atoms with E-state index in [0.29, 0.717) is 22.8 Å². The first-order valence-corrected chi connectivity index (χ1v) is 8.84. The quantitative estimate of drug-likeness (QED) is 0.672. The van der Waals surface area contributed by atoms with Gasteiger partial charge in [0.05, 0.1) is 12.3 Å². The van der Waals surface area contributed by atoms with E-state index in [2.05, 4.69) is 20.6 Å². The van der Waals surface area contributed by atoms with Crippen molar-refractivity contribution in [1.29, 1.82) is 0 Å². The summed E-state index contributed by atoms with van der Waals surface area (Å²) >= 11 is 0. The van der Waals surface area contributed by atoms with Gasteiger partial charge in [-0.1, -0.05) is 18.2 Å². The third-order valence-corrected chi connectivity index (χ3v) is 4.69. The summed E-state index contributed by atoms with van der Waals surface area (Å²) in [6.07, 6.45) is 8.41. The molecule has 0 aliphatic heterocycles. The summed E-state index contributed by atoms with van der Waals surface area (Å²) in [5.41, 5.74) is 1.30. The van der Waals surface area contributed by atoms with E-state index in [-0.39, 0.29) is 18.1 Å². The van der Waals surface area contributed by atoms with E-state index in [0.717, 1.165) is 25.7 Å². The molecule has 1 aromatic carbocycles. The van der Waals surface area contributed by atoms with Crippen LogP contribution in [0, 0.1) is 0 Å². The number of aliphatic hydroxyl groups is 1. The summed E-state index contributed by atoms with van der Waals surface area (Å²) in [7, 11) is 0. The molecule has 0 bridgehead atoms. The van der Waals surface area contributed by atoms with E-state index in [1.807, 2.05) is 28.8 Å². The summed E-state index contributed by atoms with van der Waals surface area (Å²) in [5.74, 6) is 0.897. The molecule has 1 aliphatic carbocycles. The number of amides is 1. The van der Waals surface area contributed by atoms with Crippen LogP contribution in [0.3, 0.4) is 0 Å². The number of hydrogen-bond donors (Lipinski definition) is 3. The topological polar surface area (TPSA) is 91.6 Å². The van der Waals surface area contributed by atoms with Gasteiger partial charge in [0, 0.05) is 24.0 Å². The SMILES string of the molecule is O=C(Nc1cn2ccnc2c(NC2CCC(O)CC2)n1)c1ccccc1. The van der Waals surface area contributed by atoms with E-state index in [1.165, 1.54) is 0 Å². The van der Waals surface area contributed by atoms with Crippen LogP contribution in [-0.4, -0.2) is 37.5 Å². The molecule has 0 saturated heterocycles. The molecule has 3 N–H and O–H groups in total. The van der Waals surface area contributed by atoms with Crippen LogP contribution < -0.4 is 10.6 Å². The number of aromatic nitrogens is 3. The van der Waals surface area contributed by atoms with Crippen molar-refractivity contribution in [1.82, 2.24) is 14.4 Å². The minimum atomic E-state index is -0.205. The summed E-state index contributed by atoms with van der Waals surface area (Å²) in [6, 6.07) is 9.29. The molecule has 1 aliphatic rings. The van der Waals surface area contributed by atoms with Gasteiger partial charge in [-0.25, -0.2) is 9.97 Å². The molecule has 1 fully saturated rings. The fourth-order valence-corrected chi connectivity index (χ4v) is 3.28. The molecule has 0 unspecified atom stereocenters. The average molecular weight is 351 g/mol. The molecule has 3 aromatic rings. The number of anilines is 2. The molecule has 7 nitrogen and oxygen atoms in total. The number of fused-ring (bicyclic) bond motifs is 1. The fraction of sp³-hybridized carbons (Fsp3) is 0.316. The van der Waals surface area contributed by atoms with E-state index >= 15 is 0 Å². The normalized spacial score (nSPS) is 20.0. The summed E-state index contributed by atoms with van der Waals surface area (Å²) in [5, 5.41) is 15.9. The average Bonchev–Trinajstić information content (AvgIpc) is 3.13. The minimum absolute atomic E-state index is 0.204. The monoisotopic (exact) mass is 351 g/mol. The van der Waals surface area contributed by atoms with Gasteiger partial charge in [0.1, 0.15) is 0 Å². The van der Waals surface area contributed by atoms with Crippen molar-refractivity contribution in [2.24, 2.45) is 0 Å². The van der Waals surface area contributed by atoms with Crippen molar-refractivity contribution >= 4 is 23.2 Å². The van der Waals surface area contributed by atoms with Crippen LogP contribution in [0.2, 0.25) is 0 Å². The van der Waals surface area contributed by atoms with Gasteiger partial charge in [-0.3, -0.25) is 4.79 Å². The summed E-state index contributed by atoms with van der Waals surface area (Å²) in [6.45, 7) is 0. The maximum atomic E-state index is 12.4. The number of nitrogens with zero attached hydrogens (tertiary/aromatic N) is 3. The first kappa shape index (κ1) is 16.5. The zero-order valence-electron chi connectivity index (χ0n) is 14.3. The molecule has 4 rings (SSSR count). The van der Waals surface area contributed by atoms with Gasteiger partial charge < -0.3 is 20.1 Å². The Balaban J connectivity index is 1.57. The number of benzene rings is 1. The van der Waals surface area contributed by atoms with Crippen LogP contribution in [-0.2, 0) is 0 Å². The van der Waals surface area contributed by atoms with Gasteiger partial charge in [-0.05, 0) is 37.8 Å². The Labute approximate surface area is 151 Å². The first-order valence-electron chi connectivity index (χ1n) is 8.84. The van der Waals surface area contributed by atoms with Crippen LogP contribution in [0.1, 0.15) is 36.0 Å². The van der Waals surface area contributed by atoms with Gasteiger partial charge in [0.15, 0.2) is 17.3 Å². The van der Waals surface area contributed by atoms with Crippen molar-refractivity contribution in [3.8, 4) is 0 Å². The number of carbonyl (C=O) groups is 1. The molecule has 1 saturated carbocycles. The maximum absolute atomic E-state index is 12.4. The van der Waals surface area contributed by atoms with Crippen molar-refractivity contribution in [3.63, 3.8) is 0 Å². The number of imidazole rings is 1. The smallest absolute Gasteiger partial charge is 0.256 e. The fourth-order valence-electron chi connectivity index (χ4n) is 3.28. The van der Waals surface area contributed by atoms with Crippen molar-refractivity contribution < 1.29 is 9.90 Å². The van der Waals surface area contributed by atoms with Gasteiger partial charge in [-0.15, -0.1) is 0 Å². The maximum Gasteiger partial charge on any atom is 0.256 e. The van der Waals surface area contributed by atoms with Crippen LogP contribution in [0.4, 0.5) is 11.6 Å². The van der Waals surface area contributed by atoms with Crippen LogP contribution in [0.25, 0.3) is 5.65 Å². The molecule has 0 atom stereocenters. The zero-order chi connectivity index (χ0) is 17.9. The molecule has 2 heterocycles. The van der Waals surface area contributed by atoms with Crippen molar-refractivity contribution in [2.75, 3.05) is 10.6 Å². The molecule has 0 radical (unpaired) electrons. The van der Waals surface area contributed by atoms with Crippen molar-refractivity contribution in [2.45, 2.75) is 37.8 Å². The van der Waals surface area contributed by atoms with Crippen LogP contribution >= 0.6 is 0 Å². The van der Waals surface area contributed by atoms with E-state index in [9.17, 15) is 9.90 Å². The standard InChI is InChI=1S/C19H21N5O2/c25-15-8-6-14(7-9-15)21-17-18-20-10-11-24(18)12-16(22-17)23-19(26)13-4-2-1-3-5-13/h1-5,10-12,14-15,25H,6-9H2,(H,21,22)(H,23,26). The molecule has 2 aromatic heterocycles. The third kappa shape index (κ3) is 3.52. The van der Waals surface area contributed by atoms with Crippen LogP contribution in [0.5, 0.6) is 0 Å². The Morgan fingerprint density at radius 1 is 1.15 bits per heavy atom. The third-order valence-electron chi connectivity index (χ3n) is 4.69. The Bertz CT molecular complexity index is 901. The highest BCUT2D eigenvalue weighted by Gasteiger charge is 2.21. The summed E-state index contributed by atoms with van der Waals surface area (Å²) < 4.78 is 1.84. The number of rotatable bonds is 4. The number of hydrogen-bond acceptors (Lipinski definition) is 5. The lowest BCUT2D eigenvalue weighted by atomic mass is 9.93. The van der Waals surface area contributed by atoms with Gasteiger partial charge in [0.25, 0.3) is 5.91 Å². The van der Waals surface area contributed by atoms with E-state index in [1.54, 1.807) is 24.5 Å². The lowest BCUT2D eigenvalue weighted by Crippen LogP contribution is -2.29. The second-order valence-corrected chi connectivity index (χ2v) is 6.60. The highest BCUT2D eigenvalue weighted by molar-refractivity contribution is 6.03. The lowest BCUT2D eigenvalue weighted by Gasteiger charge is -2.26. The number of aliphatic hydroxyl groups excluding tert-OH is 1. The first-order chi connectivity index (χ1) is 12.7. The molecule has 7 heteroatoms. The highest BCUT2D eigenvalue weighted by atomic mass is 16.3.